The Morgan fingerprint density at radius 2 is 2.17 bits per heavy atom. The maximum atomic E-state index is 11.9. The van der Waals surface area contributed by atoms with Gasteiger partial charge >= 0.3 is 0 Å². The van der Waals surface area contributed by atoms with E-state index in [2.05, 4.69) is 16.7 Å². The fourth-order valence-electron chi connectivity index (χ4n) is 2.15. The van der Waals surface area contributed by atoms with E-state index in [1.165, 1.54) is 17.1 Å². The van der Waals surface area contributed by atoms with E-state index in [-0.39, 0.29) is 0 Å². The first kappa shape index (κ1) is 15.8. The second-order valence-electron chi connectivity index (χ2n) is 4.95. The summed E-state index contributed by atoms with van der Waals surface area (Å²) >= 11 is 0. The van der Waals surface area contributed by atoms with Crippen LogP contribution in [0.4, 0.5) is 0 Å². The van der Waals surface area contributed by atoms with Crippen LogP contribution in [0.15, 0.2) is 0 Å². The Bertz CT molecular complexity index is 334. The van der Waals surface area contributed by atoms with E-state index in [1.54, 1.807) is 7.05 Å². The molecule has 1 rings (SSSR count). The molecule has 1 saturated heterocycles. The SMILES string of the molecule is CN1CCCCC1CNS(=O)(=O)N(C)CCCN. The second-order valence-corrected chi connectivity index (χ2v) is 6.81. The lowest BCUT2D eigenvalue weighted by Crippen LogP contribution is -2.47. The lowest BCUT2D eigenvalue weighted by Gasteiger charge is -2.32. The molecule has 18 heavy (non-hydrogen) atoms. The number of rotatable bonds is 7. The molecule has 0 aromatic rings. The van der Waals surface area contributed by atoms with Crippen molar-refractivity contribution in [1.82, 2.24) is 13.9 Å². The van der Waals surface area contributed by atoms with Gasteiger partial charge in [0.15, 0.2) is 0 Å². The third-order valence-corrected chi connectivity index (χ3v) is 5.05. The van der Waals surface area contributed by atoms with Crippen LogP contribution in [-0.4, -0.2) is 63.9 Å². The molecule has 0 aromatic carbocycles. The lowest BCUT2D eigenvalue weighted by molar-refractivity contribution is 0.187. The molecule has 0 aliphatic carbocycles. The largest absolute Gasteiger partial charge is 0.330 e. The van der Waals surface area contributed by atoms with Crippen LogP contribution in [-0.2, 0) is 10.2 Å². The van der Waals surface area contributed by atoms with E-state index in [0.29, 0.717) is 32.1 Å². The van der Waals surface area contributed by atoms with Gasteiger partial charge in [-0.15, -0.1) is 0 Å². The first-order chi connectivity index (χ1) is 8.47. The highest BCUT2D eigenvalue weighted by molar-refractivity contribution is 7.87. The molecular formula is C11H26N4O2S. The Morgan fingerprint density at radius 1 is 1.44 bits per heavy atom. The molecule has 7 heteroatoms. The summed E-state index contributed by atoms with van der Waals surface area (Å²) in [5.74, 6) is 0. The standard InChI is InChI=1S/C11H26N4O2S/c1-14-8-4-3-6-11(14)10-13-18(16,17)15(2)9-5-7-12/h11,13H,3-10,12H2,1-2H3. The van der Waals surface area contributed by atoms with Gasteiger partial charge in [0.05, 0.1) is 0 Å². The Morgan fingerprint density at radius 3 is 2.78 bits per heavy atom. The molecule has 1 aliphatic rings. The van der Waals surface area contributed by atoms with Crippen LogP contribution in [0.5, 0.6) is 0 Å². The number of hydrogen-bond acceptors (Lipinski definition) is 4. The summed E-state index contributed by atoms with van der Waals surface area (Å²) in [4.78, 5) is 2.23. The van der Waals surface area contributed by atoms with E-state index in [9.17, 15) is 8.42 Å². The fourth-order valence-corrected chi connectivity index (χ4v) is 3.14. The monoisotopic (exact) mass is 278 g/mol. The molecule has 3 N–H and O–H groups in total. The zero-order valence-electron chi connectivity index (χ0n) is 11.4. The van der Waals surface area contributed by atoms with Crippen LogP contribution in [0.25, 0.3) is 0 Å². The van der Waals surface area contributed by atoms with Crippen molar-refractivity contribution < 1.29 is 8.42 Å². The van der Waals surface area contributed by atoms with Gasteiger partial charge in [-0.2, -0.15) is 12.7 Å². The Labute approximate surface area is 111 Å². The molecule has 108 valence electrons. The number of likely N-dealkylation sites (tertiary alicyclic amines) is 1. The molecule has 0 bridgehead atoms. The molecular weight excluding hydrogens is 252 g/mol. The summed E-state index contributed by atoms with van der Waals surface area (Å²) in [5, 5.41) is 0. The van der Waals surface area contributed by atoms with Gasteiger partial charge in [-0.3, -0.25) is 0 Å². The fraction of sp³-hybridized carbons (Fsp3) is 1.00. The molecule has 1 heterocycles. The Hall–Kier alpha value is -0.210. The third kappa shape index (κ3) is 4.81. The number of likely N-dealkylation sites (N-methyl/N-ethyl adjacent to an activating group) is 1. The van der Waals surface area contributed by atoms with E-state index in [0.717, 1.165) is 13.0 Å². The molecule has 0 amide bonds. The zero-order valence-corrected chi connectivity index (χ0v) is 12.2. The van der Waals surface area contributed by atoms with E-state index >= 15 is 0 Å². The summed E-state index contributed by atoms with van der Waals surface area (Å²) < 4.78 is 27.9. The van der Waals surface area contributed by atoms with Gasteiger partial charge in [0.25, 0.3) is 10.2 Å². The molecule has 1 unspecified atom stereocenters. The topological polar surface area (TPSA) is 78.7 Å². The van der Waals surface area contributed by atoms with Crippen LogP contribution in [0.1, 0.15) is 25.7 Å². The Balaban J connectivity index is 2.40. The van der Waals surface area contributed by atoms with Crippen molar-refractivity contribution >= 4 is 10.2 Å². The Kier molecular flexibility index (Phi) is 6.51. The molecule has 6 nitrogen and oxygen atoms in total. The number of nitrogens with two attached hydrogens (primary N) is 1. The van der Waals surface area contributed by atoms with Crippen LogP contribution in [0.3, 0.4) is 0 Å². The maximum Gasteiger partial charge on any atom is 0.279 e. The summed E-state index contributed by atoms with van der Waals surface area (Å²) in [6.45, 7) is 2.51. The van der Waals surface area contributed by atoms with Gasteiger partial charge in [0, 0.05) is 26.2 Å². The van der Waals surface area contributed by atoms with E-state index in [4.69, 9.17) is 5.73 Å². The van der Waals surface area contributed by atoms with Gasteiger partial charge in [-0.05, 0) is 39.4 Å². The quantitative estimate of drug-likeness (QED) is 0.663. The van der Waals surface area contributed by atoms with Gasteiger partial charge in [0.2, 0.25) is 0 Å². The number of hydrogen-bond donors (Lipinski definition) is 2. The lowest BCUT2D eigenvalue weighted by atomic mass is 10.0. The van der Waals surface area contributed by atoms with Crippen molar-refractivity contribution in [3.63, 3.8) is 0 Å². The van der Waals surface area contributed by atoms with Crippen LogP contribution >= 0.6 is 0 Å². The molecule has 0 saturated carbocycles. The van der Waals surface area contributed by atoms with Crippen molar-refractivity contribution in [2.24, 2.45) is 5.73 Å². The highest BCUT2D eigenvalue weighted by Gasteiger charge is 2.22. The smallest absolute Gasteiger partial charge is 0.279 e. The highest BCUT2D eigenvalue weighted by Crippen LogP contribution is 2.14. The van der Waals surface area contributed by atoms with Crippen LogP contribution < -0.4 is 10.5 Å². The second kappa shape index (κ2) is 7.40. The van der Waals surface area contributed by atoms with Crippen molar-refractivity contribution in [3.8, 4) is 0 Å². The summed E-state index contributed by atoms with van der Waals surface area (Å²) in [5.41, 5.74) is 5.38. The third-order valence-electron chi connectivity index (χ3n) is 3.51. The average molecular weight is 278 g/mol. The minimum Gasteiger partial charge on any atom is -0.330 e. The molecule has 0 spiro atoms. The van der Waals surface area contributed by atoms with Gasteiger partial charge in [-0.25, -0.2) is 4.72 Å². The molecule has 0 aromatic heterocycles. The average Bonchev–Trinajstić information content (AvgIpc) is 2.35. The normalized spacial score (nSPS) is 22.6. The van der Waals surface area contributed by atoms with Crippen molar-refractivity contribution in [2.75, 3.05) is 40.3 Å². The molecule has 0 radical (unpaired) electrons. The minimum atomic E-state index is -3.35. The van der Waals surface area contributed by atoms with Crippen LogP contribution in [0.2, 0.25) is 0 Å². The summed E-state index contributed by atoms with van der Waals surface area (Å²) in [6.07, 6.45) is 4.13. The number of nitrogens with zero attached hydrogens (tertiary/aromatic N) is 2. The van der Waals surface area contributed by atoms with Crippen molar-refractivity contribution in [3.05, 3.63) is 0 Å². The van der Waals surface area contributed by atoms with Gasteiger partial charge in [-0.1, -0.05) is 6.42 Å². The summed E-state index contributed by atoms with van der Waals surface area (Å²) in [6, 6.07) is 0.316. The highest BCUT2D eigenvalue weighted by atomic mass is 32.2. The zero-order chi connectivity index (χ0) is 13.6. The minimum absolute atomic E-state index is 0.316. The maximum absolute atomic E-state index is 11.9. The molecule has 1 fully saturated rings. The summed E-state index contributed by atoms with van der Waals surface area (Å²) in [7, 11) is 0.284. The van der Waals surface area contributed by atoms with E-state index < -0.39 is 10.2 Å². The van der Waals surface area contributed by atoms with E-state index in [1.807, 2.05) is 0 Å². The molecule has 1 aliphatic heterocycles. The van der Waals surface area contributed by atoms with Gasteiger partial charge < -0.3 is 10.6 Å². The number of nitrogens with one attached hydrogen (secondary N) is 1. The first-order valence-corrected chi connectivity index (χ1v) is 8.02. The predicted molar refractivity (Wildman–Crippen MR) is 73.5 cm³/mol. The number of piperidine rings is 1. The predicted octanol–water partition coefficient (Wildman–Crippen LogP) is -0.414. The van der Waals surface area contributed by atoms with Crippen LogP contribution in [0, 0.1) is 0 Å². The van der Waals surface area contributed by atoms with Crippen molar-refractivity contribution in [1.29, 1.82) is 0 Å². The first-order valence-electron chi connectivity index (χ1n) is 6.58. The van der Waals surface area contributed by atoms with Crippen molar-refractivity contribution in [2.45, 2.75) is 31.7 Å². The van der Waals surface area contributed by atoms with Gasteiger partial charge in [0.1, 0.15) is 0 Å². The molecule has 1 atom stereocenters.